The van der Waals surface area contributed by atoms with Gasteiger partial charge in [0.05, 0.1) is 11.4 Å². The molecule has 5 heteroatoms. The SMILES string of the molecule is Cc1cn(-c2ccccc2)c(NCc2cn(C)nc2C)n1. The van der Waals surface area contributed by atoms with Crippen LogP contribution in [0.25, 0.3) is 5.69 Å². The van der Waals surface area contributed by atoms with E-state index < -0.39 is 0 Å². The summed E-state index contributed by atoms with van der Waals surface area (Å²) >= 11 is 0. The molecule has 108 valence electrons. The number of para-hydroxylation sites is 1. The van der Waals surface area contributed by atoms with Gasteiger partial charge in [-0.1, -0.05) is 18.2 Å². The second kappa shape index (κ2) is 5.44. The molecule has 0 bridgehead atoms. The normalized spacial score (nSPS) is 10.8. The maximum Gasteiger partial charge on any atom is 0.208 e. The highest BCUT2D eigenvalue weighted by Crippen LogP contribution is 2.17. The molecule has 0 spiro atoms. The van der Waals surface area contributed by atoms with Gasteiger partial charge in [-0.15, -0.1) is 0 Å². The third-order valence-electron chi connectivity index (χ3n) is 3.41. The number of hydrogen-bond acceptors (Lipinski definition) is 3. The molecule has 1 aromatic carbocycles. The fourth-order valence-electron chi connectivity index (χ4n) is 2.40. The van der Waals surface area contributed by atoms with Crippen LogP contribution in [0.3, 0.4) is 0 Å². The molecule has 0 saturated carbocycles. The van der Waals surface area contributed by atoms with Gasteiger partial charge in [0.1, 0.15) is 0 Å². The molecule has 0 aliphatic heterocycles. The van der Waals surface area contributed by atoms with Gasteiger partial charge in [-0.25, -0.2) is 4.98 Å². The lowest BCUT2D eigenvalue weighted by Crippen LogP contribution is -2.06. The Morgan fingerprint density at radius 2 is 1.86 bits per heavy atom. The summed E-state index contributed by atoms with van der Waals surface area (Å²) in [5.41, 5.74) is 4.31. The Balaban J connectivity index is 1.85. The van der Waals surface area contributed by atoms with Crippen LogP contribution in [0.5, 0.6) is 0 Å². The number of nitrogens with one attached hydrogen (secondary N) is 1. The van der Waals surface area contributed by atoms with Crippen molar-refractivity contribution in [1.29, 1.82) is 0 Å². The molecular formula is C16H19N5. The number of nitrogens with zero attached hydrogens (tertiary/aromatic N) is 4. The summed E-state index contributed by atoms with van der Waals surface area (Å²) in [4.78, 5) is 4.56. The molecule has 0 amide bonds. The van der Waals surface area contributed by atoms with E-state index in [1.165, 1.54) is 5.56 Å². The average Bonchev–Trinajstić information content (AvgIpc) is 3.00. The first-order valence-electron chi connectivity index (χ1n) is 6.98. The highest BCUT2D eigenvalue weighted by Gasteiger charge is 2.09. The molecule has 2 aromatic heterocycles. The van der Waals surface area contributed by atoms with E-state index in [2.05, 4.69) is 32.1 Å². The van der Waals surface area contributed by atoms with Crippen LogP contribution in [-0.4, -0.2) is 19.3 Å². The van der Waals surface area contributed by atoms with Crippen LogP contribution in [0.2, 0.25) is 0 Å². The lowest BCUT2D eigenvalue weighted by molar-refractivity contribution is 0.756. The Kier molecular flexibility index (Phi) is 3.48. The predicted octanol–water partition coefficient (Wildman–Crippen LogP) is 2.83. The predicted molar refractivity (Wildman–Crippen MR) is 83.6 cm³/mol. The van der Waals surface area contributed by atoms with Gasteiger partial charge in [0.2, 0.25) is 5.95 Å². The monoisotopic (exact) mass is 281 g/mol. The van der Waals surface area contributed by atoms with Crippen LogP contribution in [0, 0.1) is 13.8 Å². The molecule has 0 aliphatic carbocycles. The second-order valence-corrected chi connectivity index (χ2v) is 5.18. The summed E-state index contributed by atoms with van der Waals surface area (Å²) in [5.74, 6) is 0.849. The van der Waals surface area contributed by atoms with E-state index >= 15 is 0 Å². The van der Waals surface area contributed by atoms with E-state index in [1.807, 2.05) is 56.2 Å². The zero-order valence-corrected chi connectivity index (χ0v) is 12.5. The number of imidazole rings is 1. The van der Waals surface area contributed by atoms with Crippen molar-refractivity contribution < 1.29 is 0 Å². The first kappa shape index (κ1) is 13.4. The molecule has 0 atom stereocenters. The van der Waals surface area contributed by atoms with Gasteiger partial charge in [-0.3, -0.25) is 9.25 Å². The molecule has 1 N–H and O–H groups in total. The lowest BCUT2D eigenvalue weighted by Gasteiger charge is -2.09. The van der Waals surface area contributed by atoms with Crippen molar-refractivity contribution >= 4 is 5.95 Å². The Morgan fingerprint density at radius 1 is 1.10 bits per heavy atom. The first-order chi connectivity index (χ1) is 10.1. The van der Waals surface area contributed by atoms with E-state index in [0.717, 1.165) is 23.0 Å². The summed E-state index contributed by atoms with van der Waals surface area (Å²) < 4.78 is 3.91. The quantitative estimate of drug-likeness (QED) is 0.800. The molecule has 0 fully saturated rings. The van der Waals surface area contributed by atoms with Gasteiger partial charge in [0.25, 0.3) is 0 Å². The van der Waals surface area contributed by atoms with Crippen LogP contribution in [0.15, 0.2) is 42.7 Å². The molecule has 21 heavy (non-hydrogen) atoms. The molecule has 3 rings (SSSR count). The number of rotatable bonds is 4. The van der Waals surface area contributed by atoms with Gasteiger partial charge < -0.3 is 5.32 Å². The van der Waals surface area contributed by atoms with Crippen LogP contribution in [0.1, 0.15) is 17.0 Å². The van der Waals surface area contributed by atoms with E-state index in [1.54, 1.807) is 0 Å². The summed E-state index contributed by atoms with van der Waals surface area (Å²) in [6, 6.07) is 10.2. The van der Waals surface area contributed by atoms with E-state index in [0.29, 0.717) is 6.54 Å². The van der Waals surface area contributed by atoms with Gasteiger partial charge in [0, 0.05) is 37.2 Å². The summed E-state index contributed by atoms with van der Waals surface area (Å²) in [6.07, 6.45) is 4.07. The second-order valence-electron chi connectivity index (χ2n) is 5.18. The number of benzene rings is 1. The third-order valence-corrected chi connectivity index (χ3v) is 3.41. The highest BCUT2D eigenvalue weighted by atomic mass is 15.3. The minimum absolute atomic E-state index is 0.711. The standard InChI is InChI=1S/C16H19N5/c1-12-10-21(15-7-5-4-6-8-15)16(18-12)17-9-14-11-20(3)19-13(14)2/h4-8,10-11H,9H2,1-3H3,(H,17,18). The summed E-state index contributed by atoms with van der Waals surface area (Å²) in [7, 11) is 1.94. The van der Waals surface area contributed by atoms with Crippen molar-refractivity contribution in [2.75, 3.05) is 5.32 Å². The zero-order valence-electron chi connectivity index (χ0n) is 12.5. The fraction of sp³-hybridized carbons (Fsp3) is 0.250. The van der Waals surface area contributed by atoms with Crippen LogP contribution in [0.4, 0.5) is 5.95 Å². The smallest absolute Gasteiger partial charge is 0.208 e. The molecule has 0 radical (unpaired) electrons. The fourth-order valence-corrected chi connectivity index (χ4v) is 2.40. The van der Waals surface area contributed by atoms with E-state index in [-0.39, 0.29) is 0 Å². The van der Waals surface area contributed by atoms with Crippen LogP contribution >= 0.6 is 0 Å². The average molecular weight is 281 g/mol. The Morgan fingerprint density at radius 3 is 2.52 bits per heavy atom. The Hall–Kier alpha value is -2.56. The van der Waals surface area contributed by atoms with Gasteiger partial charge in [-0.2, -0.15) is 5.10 Å². The molecule has 0 aliphatic rings. The van der Waals surface area contributed by atoms with Gasteiger partial charge in [-0.05, 0) is 26.0 Å². The summed E-state index contributed by atoms with van der Waals surface area (Å²) in [5, 5.41) is 7.76. The molecular weight excluding hydrogens is 262 g/mol. The first-order valence-corrected chi connectivity index (χ1v) is 6.98. The molecule has 2 heterocycles. The third kappa shape index (κ3) is 2.81. The van der Waals surface area contributed by atoms with Crippen molar-refractivity contribution in [1.82, 2.24) is 19.3 Å². The summed E-state index contributed by atoms with van der Waals surface area (Å²) in [6.45, 7) is 4.73. The number of aryl methyl sites for hydroxylation is 3. The molecule has 3 aromatic rings. The maximum atomic E-state index is 4.56. The molecule has 0 saturated heterocycles. The highest BCUT2D eigenvalue weighted by molar-refractivity contribution is 5.43. The maximum absolute atomic E-state index is 4.56. The molecule has 0 unspecified atom stereocenters. The number of anilines is 1. The Labute approximate surface area is 124 Å². The number of aromatic nitrogens is 4. The van der Waals surface area contributed by atoms with Gasteiger partial charge in [0.15, 0.2) is 0 Å². The van der Waals surface area contributed by atoms with Crippen molar-refractivity contribution in [3.05, 3.63) is 59.7 Å². The van der Waals surface area contributed by atoms with Crippen molar-refractivity contribution in [2.24, 2.45) is 7.05 Å². The van der Waals surface area contributed by atoms with Crippen LogP contribution in [-0.2, 0) is 13.6 Å². The van der Waals surface area contributed by atoms with Gasteiger partial charge >= 0.3 is 0 Å². The topological polar surface area (TPSA) is 47.7 Å². The van der Waals surface area contributed by atoms with Crippen LogP contribution < -0.4 is 5.32 Å². The molecule has 5 nitrogen and oxygen atoms in total. The minimum Gasteiger partial charge on any atom is -0.351 e. The van der Waals surface area contributed by atoms with Crippen molar-refractivity contribution in [3.8, 4) is 5.69 Å². The number of hydrogen-bond donors (Lipinski definition) is 1. The Bertz CT molecular complexity index is 739. The van der Waals surface area contributed by atoms with Crippen molar-refractivity contribution in [3.63, 3.8) is 0 Å². The lowest BCUT2D eigenvalue weighted by atomic mass is 10.3. The van der Waals surface area contributed by atoms with E-state index in [9.17, 15) is 0 Å². The zero-order chi connectivity index (χ0) is 14.8. The van der Waals surface area contributed by atoms with E-state index in [4.69, 9.17) is 0 Å². The largest absolute Gasteiger partial charge is 0.351 e. The van der Waals surface area contributed by atoms with Crippen molar-refractivity contribution in [2.45, 2.75) is 20.4 Å². The minimum atomic E-state index is 0.711.